The molecule has 1 unspecified atom stereocenters. The third-order valence-electron chi connectivity index (χ3n) is 2.50. The van der Waals surface area contributed by atoms with Gasteiger partial charge in [-0.05, 0) is 12.8 Å². The molecule has 3 heteroatoms. The van der Waals surface area contributed by atoms with Crippen LogP contribution in [-0.2, 0) is 9.47 Å². The molecule has 14 heavy (non-hydrogen) atoms. The van der Waals surface area contributed by atoms with Crippen LogP contribution in [0.4, 0.5) is 0 Å². The monoisotopic (exact) mass is 203 g/mol. The second kappa shape index (κ2) is 9.44. The zero-order chi connectivity index (χ0) is 10.8. The molecule has 0 aliphatic carbocycles. The van der Waals surface area contributed by atoms with E-state index in [4.69, 9.17) is 9.47 Å². The van der Waals surface area contributed by atoms with Gasteiger partial charge in [0, 0.05) is 26.8 Å². The normalized spacial score (nSPS) is 13.5. The van der Waals surface area contributed by atoms with Crippen LogP contribution in [0.15, 0.2) is 0 Å². The molecular formula is C11H25NO2. The smallest absolute Gasteiger partial charge is 0.169 e. The van der Waals surface area contributed by atoms with Crippen LogP contribution in [0.3, 0.4) is 0 Å². The van der Waals surface area contributed by atoms with Crippen LogP contribution < -0.4 is 5.32 Å². The van der Waals surface area contributed by atoms with Crippen molar-refractivity contribution in [1.82, 2.24) is 5.32 Å². The summed E-state index contributed by atoms with van der Waals surface area (Å²) in [5, 5.41) is 3.46. The van der Waals surface area contributed by atoms with Gasteiger partial charge in [0.25, 0.3) is 0 Å². The predicted octanol–water partition coefficient (Wildman–Crippen LogP) is 2.16. The molecule has 86 valence electrons. The van der Waals surface area contributed by atoms with Gasteiger partial charge in [0.15, 0.2) is 6.29 Å². The summed E-state index contributed by atoms with van der Waals surface area (Å²) < 4.78 is 10.2. The highest BCUT2D eigenvalue weighted by Crippen LogP contribution is 2.04. The summed E-state index contributed by atoms with van der Waals surface area (Å²) in [5.74, 6) is 0. The van der Waals surface area contributed by atoms with Crippen molar-refractivity contribution in [2.45, 2.75) is 51.9 Å². The van der Waals surface area contributed by atoms with Gasteiger partial charge < -0.3 is 14.8 Å². The maximum atomic E-state index is 5.11. The standard InChI is InChI=1S/C11H25NO2/c1-5-7-8-10(6-2)12-9-11(13-3)14-4/h10-12H,5-9H2,1-4H3. The maximum Gasteiger partial charge on any atom is 0.169 e. The summed E-state index contributed by atoms with van der Waals surface area (Å²) in [5.41, 5.74) is 0. The van der Waals surface area contributed by atoms with Crippen molar-refractivity contribution in [1.29, 1.82) is 0 Å². The van der Waals surface area contributed by atoms with E-state index in [1.54, 1.807) is 14.2 Å². The number of unbranched alkanes of at least 4 members (excludes halogenated alkanes) is 1. The lowest BCUT2D eigenvalue weighted by Gasteiger charge is -2.20. The Bertz CT molecular complexity index is 116. The second-order valence-corrected chi connectivity index (χ2v) is 3.56. The quantitative estimate of drug-likeness (QED) is 0.583. The highest BCUT2D eigenvalue weighted by molar-refractivity contribution is 4.65. The molecule has 3 nitrogen and oxygen atoms in total. The predicted molar refractivity (Wildman–Crippen MR) is 59.4 cm³/mol. The summed E-state index contributed by atoms with van der Waals surface area (Å²) in [7, 11) is 3.34. The second-order valence-electron chi connectivity index (χ2n) is 3.56. The fraction of sp³-hybridized carbons (Fsp3) is 1.00. The lowest BCUT2D eigenvalue weighted by atomic mass is 10.1. The van der Waals surface area contributed by atoms with Crippen LogP contribution in [0, 0.1) is 0 Å². The highest BCUT2D eigenvalue weighted by atomic mass is 16.7. The minimum absolute atomic E-state index is 0.120. The lowest BCUT2D eigenvalue weighted by Crippen LogP contribution is -2.36. The summed E-state index contributed by atoms with van der Waals surface area (Å²) in [6.07, 6.45) is 4.84. The van der Waals surface area contributed by atoms with Gasteiger partial charge >= 0.3 is 0 Å². The molecule has 0 fully saturated rings. The molecule has 0 saturated carbocycles. The Morgan fingerprint density at radius 2 is 1.79 bits per heavy atom. The Morgan fingerprint density at radius 1 is 1.14 bits per heavy atom. The first-order valence-electron chi connectivity index (χ1n) is 5.57. The largest absolute Gasteiger partial charge is 0.355 e. The lowest BCUT2D eigenvalue weighted by molar-refractivity contribution is -0.1000. The van der Waals surface area contributed by atoms with E-state index in [0.29, 0.717) is 6.04 Å². The maximum absolute atomic E-state index is 5.11. The van der Waals surface area contributed by atoms with E-state index in [0.717, 1.165) is 6.54 Å². The third-order valence-corrected chi connectivity index (χ3v) is 2.50. The molecule has 0 saturated heterocycles. The van der Waals surface area contributed by atoms with E-state index in [1.165, 1.54) is 25.7 Å². The van der Waals surface area contributed by atoms with E-state index >= 15 is 0 Å². The Morgan fingerprint density at radius 3 is 2.21 bits per heavy atom. The Kier molecular flexibility index (Phi) is 9.35. The SMILES string of the molecule is CCCCC(CC)NCC(OC)OC. The molecule has 0 aliphatic rings. The molecule has 0 spiro atoms. The van der Waals surface area contributed by atoms with Gasteiger partial charge in [-0.25, -0.2) is 0 Å². The number of hydrogen-bond donors (Lipinski definition) is 1. The zero-order valence-electron chi connectivity index (χ0n) is 10.0. The van der Waals surface area contributed by atoms with Gasteiger partial charge in [0.2, 0.25) is 0 Å². The first-order chi connectivity index (χ1) is 6.78. The summed E-state index contributed by atoms with van der Waals surface area (Å²) in [6.45, 7) is 5.21. The van der Waals surface area contributed by atoms with Gasteiger partial charge in [-0.3, -0.25) is 0 Å². The van der Waals surface area contributed by atoms with E-state index < -0.39 is 0 Å². The van der Waals surface area contributed by atoms with Crippen LogP contribution >= 0.6 is 0 Å². The van der Waals surface area contributed by atoms with Crippen molar-refractivity contribution in [2.75, 3.05) is 20.8 Å². The molecule has 0 aromatic carbocycles. The van der Waals surface area contributed by atoms with Crippen molar-refractivity contribution >= 4 is 0 Å². The average Bonchev–Trinajstić information content (AvgIpc) is 2.23. The molecule has 0 aliphatic heterocycles. The minimum atomic E-state index is -0.120. The molecule has 0 heterocycles. The van der Waals surface area contributed by atoms with E-state index in [9.17, 15) is 0 Å². The fourth-order valence-electron chi connectivity index (χ4n) is 1.43. The summed E-state index contributed by atoms with van der Waals surface area (Å²) in [6, 6.07) is 0.600. The molecule has 1 N–H and O–H groups in total. The van der Waals surface area contributed by atoms with E-state index in [2.05, 4.69) is 19.2 Å². The topological polar surface area (TPSA) is 30.5 Å². The number of ether oxygens (including phenoxy) is 2. The first kappa shape index (κ1) is 13.9. The van der Waals surface area contributed by atoms with Gasteiger partial charge in [-0.15, -0.1) is 0 Å². The van der Waals surface area contributed by atoms with Gasteiger partial charge in [0.05, 0.1) is 0 Å². The fourth-order valence-corrected chi connectivity index (χ4v) is 1.43. The minimum Gasteiger partial charge on any atom is -0.355 e. The van der Waals surface area contributed by atoms with Gasteiger partial charge in [-0.1, -0.05) is 26.7 Å². The molecule has 0 rings (SSSR count). The number of methoxy groups -OCH3 is 2. The molecular weight excluding hydrogens is 178 g/mol. The third kappa shape index (κ3) is 6.35. The Balaban J connectivity index is 3.59. The van der Waals surface area contributed by atoms with Crippen molar-refractivity contribution in [2.24, 2.45) is 0 Å². The average molecular weight is 203 g/mol. The van der Waals surface area contributed by atoms with Crippen molar-refractivity contribution in [3.8, 4) is 0 Å². The molecule has 0 amide bonds. The molecule has 1 atom stereocenters. The van der Waals surface area contributed by atoms with Gasteiger partial charge in [-0.2, -0.15) is 0 Å². The molecule has 0 aromatic heterocycles. The van der Waals surface area contributed by atoms with Crippen LogP contribution in [0.25, 0.3) is 0 Å². The van der Waals surface area contributed by atoms with Crippen molar-refractivity contribution in [3.63, 3.8) is 0 Å². The molecule has 0 radical (unpaired) electrons. The van der Waals surface area contributed by atoms with Crippen molar-refractivity contribution < 1.29 is 9.47 Å². The van der Waals surface area contributed by atoms with Crippen molar-refractivity contribution in [3.05, 3.63) is 0 Å². The van der Waals surface area contributed by atoms with Crippen LogP contribution in [0.2, 0.25) is 0 Å². The van der Waals surface area contributed by atoms with Crippen LogP contribution in [0.5, 0.6) is 0 Å². The number of rotatable bonds is 9. The molecule has 0 aromatic rings. The van der Waals surface area contributed by atoms with E-state index in [1.807, 2.05) is 0 Å². The van der Waals surface area contributed by atoms with Crippen LogP contribution in [0.1, 0.15) is 39.5 Å². The Hall–Kier alpha value is -0.120. The Labute approximate surface area is 88.2 Å². The van der Waals surface area contributed by atoms with Gasteiger partial charge in [0.1, 0.15) is 0 Å². The van der Waals surface area contributed by atoms with E-state index in [-0.39, 0.29) is 6.29 Å². The summed E-state index contributed by atoms with van der Waals surface area (Å²) in [4.78, 5) is 0. The van der Waals surface area contributed by atoms with Crippen LogP contribution in [-0.4, -0.2) is 33.1 Å². The first-order valence-corrected chi connectivity index (χ1v) is 5.57. The number of nitrogens with one attached hydrogen (secondary N) is 1. The highest BCUT2D eigenvalue weighted by Gasteiger charge is 2.09. The zero-order valence-corrected chi connectivity index (χ0v) is 10.0. The number of hydrogen-bond acceptors (Lipinski definition) is 3. The summed E-state index contributed by atoms with van der Waals surface area (Å²) >= 11 is 0. The molecule has 0 bridgehead atoms.